The van der Waals surface area contributed by atoms with Gasteiger partial charge in [-0.2, -0.15) is 5.10 Å². The lowest BCUT2D eigenvalue weighted by Gasteiger charge is -2.00. The summed E-state index contributed by atoms with van der Waals surface area (Å²) in [6, 6.07) is 9.97. The minimum Gasteiger partial charge on any atom is -0.493 e. The van der Waals surface area contributed by atoms with Gasteiger partial charge in [0.1, 0.15) is 0 Å². The molecule has 2 aromatic rings. The van der Waals surface area contributed by atoms with Gasteiger partial charge in [-0.15, -0.1) is 0 Å². The lowest BCUT2D eigenvalue weighted by atomic mass is 10.0. The second-order valence-corrected chi connectivity index (χ2v) is 3.89. The van der Waals surface area contributed by atoms with Gasteiger partial charge in [-0.1, -0.05) is 43.7 Å². The third kappa shape index (κ3) is 1.81. The van der Waals surface area contributed by atoms with E-state index >= 15 is 0 Å². The van der Waals surface area contributed by atoms with E-state index in [0.717, 1.165) is 29.7 Å². The first kappa shape index (κ1) is 10.7. The van der Waals surface area contributed by atoms with Crippen LogP contribution in [0.1, 0.15) is 18.9 Å². The molecule has 2 rings (SSSR count). The van der Waals surface area contributed by atoms with Gasteiger partial charge < -0.3 is 5.11 Å². The maximum atomic E-state index is 9.91. The van der Waals surface area contributed by atoms with Crippen molar-refractivity contribution in [3.8, 4) is 17.1 Å². The monoisotopic (exact) mass is 216 g/mol. The number of aryl methyl sites for hydroxylation is 1. The fourth-order valence-corrected chi connectivity index (χ4v) is 1.87. The normalized spacial score (nSPS) is 10.6. The van der Waals surface area contributed by atoms with Gasteiger partial charge in [0.05, 0.1) is 5.69 Å². The van der Waals surface area contributed by atoms with Crippen molar-refractivity contribution >= 4 is 0 Å². The van der Waals surface area contributed by atoms with Crippen LogP contribution in [-0.4, -0.2) is 14.9 Å². The highest BCUT2D eigenvalue weighted by Gasteiger charge is 2.15. The SMILES string of the molecule is CCCc1c(-c2ccccc2)nn(C)c1O. The Balaban J connectivity index is 2.52. The predicted molar refractivity (Wildman–Crippen MR) is 64.3 cm³/mol. The van der Waals surface area contributed by atoms with E-state index in [9.17, 15) is 5.11 Å². The van der Waals surface area contributed by atoms with Gasteiger partial charge in [-0.3, -0.25) is 0 Å². The van der Waals surface area contributed by atoms with Crippen LogP contribution in [0.5, 0.6) is 5.88 Å². The molecule has 16 heavy (non-hydrogen) atoms. The standard InChI is InChI=1S/C13H16N2O/c1-3-7-11-12(14-15(2)13(11)16)10-8-5-4-6-9-10/h4-6,8-9,16H,3,7H2,1-2H3. The van der Waals surface area contributed by atoms with Crippen molar-refractivity contribution in [2.24, 2.45) is 7.05 Å². The van der Waals surface area contributed by atoms with E-state index < -0.39 is 0 Å². The largest absolute Gasteiger partial charge is 0.493 e. The molecule has 0 bridgehead atoms. The van der Waals surface area contributed by atoms with Crippen LogP contribution in [0.2, 0.25) is 0 Å². The van der Waals surface area contributed by atoms with Crippen molar-refractivity contribution in [2.45, 2.75) is 19.8 Å². The molecular weight excluding hydrogens is 200 g/mol. The third-order valence-electron chi connectivity index (χ3n) is 2.66. The number of hydrogen-bond acceptors (Lipinski definition) is 2. The molecule has 0 amide bonds. The van der Waals surface area contributed by atoms with Crippen molar-refractivity contribution in [3.05, 3.63) is 35.9 Å². The molecule has 1 heterocycles. The van der Waals surface area contributed by atoms with Crippen LogP contribution in [-0.2, 0) is 13.5 Å². The fraction of sp³-hybridized carbons (Fsp3) is 0.308. The quantitative estimate of drug-likeness (QED) is 0.856. The molecule has 1 N–H and O–H groups in total. The summed E-state index contributed by atoms with van der Waals surface area (Å²) < 4.78 is 1.54. The summed E-state index contributed by atoms with van der Waals surface area (Å²) in [5.74, 6) is 0.278. The van der Waals surface area contributed by atoms with E-state index in [-0.39, 0.29) is 5.88 Å². The minimum atomic E-state index is 0.278. The van der Waals surface area contributed by atoms with E-state index in [0.29, 0.717) is 0 Å². The third-order valence-corrected chi connectivity index (χ3v) is 2.66. The maximum absolute atomic E-state index is 9.91. The highest BCUT2D eigenvalue weighted by molar-refractivity contribution is 5.65. The van der Waals surface area contributed by atoms with E-state index in [2.05, 4.69) is 12.0 Å². The summed E-state index contributed by atoms with van der Waals surface area (Å²) in [6.45, 7) is 2.10. The van der Waals surface area contributed by atoms with Gasteiger partial charge in [0, 0.05) is 18.2 Å². The zero-order valence-corrected chi connectivity index (χ0v) is 9.64. The first-order valence-corrected chi connectivity index (χ1v) is 5.54. The summed E-state index contributed by atoms with van der Waals surface area (Å²) >= 11 is 0. The molecule has 0 unspecified atom stereocenters. The first-order valence-electron chi connectivity index (χ1n) is 5.54. The van der Waals surface area contributed by atoms with Crippen LogP contribution in [0.25, 0.3) is 11.3 Å². The lowest BCUT2D eigenvalue weighted by molar-refractivity contribution is 0.413. The van der Waals surface area contributed by atoms with Gasteiger partial charge in [-0.05, 0) is 6.42 Å². The van der Waals surface area contributed by atoms with Crippen molar-refractivity contribution in [3.63, 3.8) is 0 Å². The Labute approximate surface area is 95.3 Å². The molecule has 3 heteroatoms. The number of nitrogens with zero attached hydrogens (tertiary/aromatic N) is 2. The molecule has 0 atom stereocenters. The second-order valence-electron chi connectivity index (χ2n) is 3.89. The molecule has 0 saturated heterocycles. The molecular formula is C13H16N2O. The number of rotatable bonds is 3. The Hall–Kier alpha value is -1.77. The molecule has 0 spiro atoms. The van der Waals surface area contributed by atoms with Crippen LogP contribution in [0.3, 0.4) is 0 Å². The molecule has 1 aromatic heterocycles. The van der Waals surface area contributed by atoms with Gasteiger partial charge in [0.2, 0.25) is 5.88 Å². The number of aromatic nitrogens is 2. The van der Waals surface area contributed by atoms with E-state index in [1.165, 1.54) is 4.68 Å². The molecule has 0 radical (unpaired) electrons. The Morgan fingerprint density at radius 3 is 2.56 bits per heavy atom. The average Bonchev–Trinajstić information content (AvgIpc) is 2.59. The van der Waals surface area contributed by atoms with Crippen LogP contribution >= 0.6 is 0 Å². The Morgan fingerprint density at radius 2 is 1.94 bits per heavy atom. The number of hydrogen-bond donors (Lipinski definition) is 1. The predicted octanol–water partition coefficient (Wildman–Crippen LogP) is 2.75. The smallest absolute Gasteiger partial charge is 0.212 e. The van der Waals surface area contributed by atoms with E-state index in [1.807, 2.05) is 30.3 Å². The number of aromatic hydroxyl groups is 1. The molecule has 3 nitrogen and oxygen atoms in total. The summed E-state index contributed by atoms with van der Waals surface area (Å²) in [7, 11) is 1.76. The molecule has 0 aliphatic rings. The summed E-state index contributed by atoms with van der Waals surface area (Å²) in [5.41, 5.74) is 2.89. The van der Waals surface area contributed by atoms with Gasteiger partial charge in [0.25, 0.3) is 0 Å². The first-order chi connectivity index (χ1) is 7.74. The lowest BCUT2D eigenvalue weighted by Crippen LogP contribution is -1.88. The highest BCUT2D eigenvalue weighted by atomic mass is 16.3. The molecule has 0 saturated carbocycles. The van der Waals surface area contributed by atoms with Crippen LogP contribution in [0.15, 0.2) is 30.3 Å². The van der Waals surface area contributed by atoms with Crippen LogP contribution in [0, 0.1) is 0 Å². The van der Waals surface area contributed by atoms with Gasteiger partial charge in [0.15, 0.2) is 0 Å². The summed E-state index contributed by atoms with van der Waals surface area (Å²) in [6.07, 6.45) is 1.85. The van der Waals surface area contributed by atoms with E-state index in [1.54, 1.807) is 7.05 Å². The van der Waals surface area contributed by atoms with Crippen LogP contribution in [0.4, 0.5) is 0 Å². The molecule has 0 aliphatic heterocycles. The Bertz CT molecular complexity index is 474. The average molecular weight is 216 g/mol. The van der Waals surface area contributed by atoms with Gasteiger partial charge in [-0.25, -0.2) is 4.68 Å². The van der Waals surface area contributed by atoms with Crippen molar-refractivity contribution < 1.29 is 5.11 Å². The topological polar surface area (TPSA) is 38.0 Å². The Morgan fingerprint density at radius 1 is 1.25 bits per heavy atom. The summed E-state index contributed by atoms with van der Waals surface area (Å²) in [5, 5.41) is 14.3. The highest BCUT2D eigenvalue weighted by Crippen LogP contribution is 2.29. The molecule has 0 aliphatic carbocycles. The van der Waals surface area contributed by atoms with Crippen molar-refractivity contribution in [1.82, 2.24) is 9.78 Å². The number of benzene rings is 1. The second kappa shape index (κ2) is 4.39. The van der Waals surface area contributed by atoms with Gasteiger partial charge >= 0.3 is 0 Å². The molecule has 0 fully saturated rings. The maximum Gasteiger partial charge on any atom is 0.212 e. The van der Waals surface area contributed by atoms with Crippen molar-refractivity contribution in [1.29, 1.82) is 0 Å². The Kier molecular flexibility index (Phi) is 2.95. The molecule has 84 valence electrons. The van der Waals surface area contributed by atoms with E-state index in [4.69, 9.17) is 0 Å². The summed E-state index contributed by atoms with van der Waals surface area (Å²) in [4.78, 5) is 0. The zero-order valence-electron chi connectivity index (χ0n) is 9.64. The fourth-order valence-electron chi connectivity index (χ4n) is 1.87. The molecule has 1 aromatic carbocycles. The van der Waals surface area contributed by atoms with Crippen molar-refractivity contribution in [2.75, 3.05) is 0 Å². The minimum absolute atomic E-state index is 0.278. The zero-order chi connectivity index (χ0) is 11.5. The van der Waals surface area contributed by atoms with Crippen LogP contribution < -0.4 is 0 Å².